The van der Waals surface area contributed by atoms with Crippen molar-refractivity contribution in [2.75, 3.05) is 31.1 Å². The van der Waals surface area contributed by atoms with E-state index < -0.39 is 23.5 Å². The second-order valence-corrected chi connectivity index (χ2v) is 7.72. The van der Waals surface area contributed by atoms with E-state index in [1.807, 2.05) is 16.7 Å². The SMILES string of the molecule is CC(C(=O)c1ccc2c(c1)oc(=O)n2C)N1CCN(c2cccc(C(F)(F)F)c2)CC1. The molecule has 1 aliphatic heterocycles. The highest BCUT2D eigenvalue weighted by Crippen LogP contribution is 2.32. The van der Waals surface area contributed by atoms with Gasteiger partial charge in [0.2, 0.25) is 0 Å². The Morgan fingerprint density at radius 2 is 1.77 bits per heavy atom. The third-order valence-electron chi connectivity index (χ3n) is 5.86. The molecular weight excluding hydrogens is 411 g/mol. The highest BCUT2D eigenvalue weighted by Gasteiger charge is 2.32. The molecule has 0 N–H and O–H groups in total. The maximum Gasteiger partial charge on any atom is 0.419 e. The van der Waals surface area contributed by atoms with Crippen LogP contribution in [0.2, 0.25) is 0 Å². The topological polar surface area (TPSA) is 58.7 Å². The van der Waals surface area contributed by atoms with Crippen LogP contribution in [-0.2, 0) is 13.2 Å². The number of aromatic nitrogens is 1. The molecule has 0 amide bonds. The van der Waals surface area contributed by atoms with Gasteiger partial charge in [-0.2, -0.15) is 13.2 Å². The van der Waals surface area contributed by atoms with Gasteiger partial charge < -0.3 is 9.32 Å². The van der Waals surface area contributed by atoms with Gasteiger partial charge in [-0.3, -0.25) is 14.3 Å². The lowest BCUT2D eigenvalue weighted by Crippen LogP contribution is -2.51. The summed E-state index contributed by atoms with van der Waals surface area (Å²) in [4.78, 5) is 28.5. The first kappa shape index (κ1) is 21.2. The molecule has 1 saturated heterocycles. The van der Waals surface area contributed by atoms with Crippen molar-refractivity contribution in [1.29, 1.82) is 0 Å². The van der Waals surface area contributed by atoms with Gasteiger partial charge in [0.25, 0.3) is 0 Å². The van der Waals surface area contributed by atoms with Gasteiger partial charge in [0.05, 0.1) is 17.1 Å². The molecule has 2 heterocycles. The number of alkyl halides is 3. The largest absolute Gasteiger partial charge is 0.419 e. The summed E-state index contributed by atoms with van der Waals surface area (Å²) in [6.07, 6.45) is -4.38. The molecule has 6 nitrogen and oxygen atoms in total. The smallest absolute Gasteiger partial charge is 0.408 e. The van der Waals surface area contributed by atoms with E-state index in [0.717, 1.165) is 12.1 Å². The van der Waals surface area contributed by atoms with Crippen molar-refractivity contribution in [2.24, 2.45) is 7.05 Å². The average Bonchev–Trinajstić information content (AvgIpc) is 3.05. The number of nitrogens with zero attached hydrogens (tertiary/aromatic N) is 3. The van der Waals surface area contributed by atoms with E-state index >= 15 is 0 Å². The lowest BCUT2D eigenvalue weighted by atomic mass is 10.0. The Morgan fingerprint density at radius 1 is 1.06 bits per heavy atom. The van der Waals surface area contributed by atoms with Crippen molar-refractivity contribution < 1.29 is 22.4 Å². The Balaban J connectivity index is 1.44. The lowest BCUT2D eigenvalue weighted by Gasteiger charge is -2.38. The van der Waals surface area contributed by atoms with Crippen molar-refractivity contribution in [3.63, 3.8) is 0 Å². The zero-order chi connectivity index (χ0) is 22.3. The van der Waals surface area contributed by atoms with Crippen LogP contribution in [0.15, 0.2) is 51.7 Å². The van der Waals surface area contributed by atoms with Gasteiger partial charge in [0.15, 0.2) is 11.4 Å². The second kappa shape index (κ2) is 7.88. The van der Waals surface area contributed by atoms with Crippen molar-refractivity contribution in [2.45, 2.75) is 19.1 Å². The third kappa shape index (κ3) is 4.10. The molecule has 0 saturated carbocycles. The van der Waals surface area contributed by atoms with Crippen molar-refractivity contribution in [3.8, 4) is 0 Å². The van der Waals surface area contributed by atoms with Gasteiger partial charge in [0.1, 0.15) is 0 Å². The number of carbonyl (C=O) groups is 1. The normalized spacial score (nSPS) is 16.6. The molecule has 1 aliphatic rings. The van der Waals surface area contributed by atoms with Crippen LogP contribution < -0.4 is 10.7 Å². The zero-order valence-corrected chi connectivity index (χ0v) is 17.1. The van der Waals surface area contributed by atoms with E-state index in [1.165, 1.54) is 10.6 Å². The molecular formula is C22H22F3N3O3. The molecule has 0 spiro atoms. The summed E-state index contributed by atoms with van der Waals surface area (Å²) in [5.74, 6) is -0.584. The summed E-state index contributed by atoms with van der Waals surface area (Å²) in [5.41, 5.74) is 1.29. The number of oxazole rings is 1. The van der Waals surface area contributed by atoms with Crippen LogP contribution in [0.3, 0.4) is 0 Å². The monoisotopic (exact) mass is 433 g/mol. The van der Waals surface area contributed by atoms with Crippen LogP contribution in [-0.4, -0.2) is 47.5 Å². The molecule has 9 heteroatoms. The standard InChI is InChI=1S/C22H22F3N3O3/c1-14(20(29)15-6-7-18-19(12-15)31-21(30)26(18)2)27-8-10-28(11-9-27)17-5-3-4-16(13-17)22(23,24)25/h3-7,12-14H,8-11H2,1-2H3. The van der Waals surface area contributed by atoms with Gasteiger partial charge in [-0.05, 0) is 43.3 Å². The first-order chi connectivity index (χ1) is 14.6. The van der Waals surface area contributed by atoms with Gasteiger partial charge in [-0.1, -0.05) is 6.07 Å². The number of Topliss-reactive ketones (excluding diaryl/α,β-unsaturated/α-hetero) is 1. The molecule has 0 aliphatic carbocycles. The number of piperazine rings is 1. The van der Waals surface area contributed by atoms with Crippen LogP contribution in [0, 0.1) is 0 Å². The number of fused-ring (bicyclic) bond motifs is 1. The minimum atomic E-state index is -4.38. The minimum Gasteiger partial charge on any atom is -0.408 e. The van der Waals surface area contributed by atoms with E-state index in [4.69, 9.17) is 4.42 Å². The Bertz CT molecular complexity index is 1170. The van der Waals surface area contributed by atoms with Crippen LogP contribution >= 0.6 is 0 Å². The molecule has 1 unspecified atom stereocenters. The molecule has 31 heavy (non-hydrogen) atoms. The number of ketones is 1. The Kier molecular flexibility index (Phi) is 5.38. The maximum atomic E-state index is 13.0. The summed E-state index contributed by atoms with van der Waals surface area (Å²) in [6, 6.07) is 9.84. The van der Waals surface area contributed by atoms with E-state index in [-0.39, 0.29) is 5.78 Å². The summed E-state index contributed by atoms with van der Waals surface area (Å²) in [6.45, 7) is 3.95. The number of hydrogen-bond donors (Lipinski definition) is 0. The van der Waals surface area contributed by atoms with Crippen LogP contribution in [0.1, 0.15) is 22.8 Å². The van der Waals surface area contributed by atoms with Gasteiger partial charge in [-0.25, -0.2) is 4.79 Å². The molecule has 2 aromatic carbocycles. The summed E-state index contributed by atoms with van der Waals surface area (Å²) in [5, 5.41) is 0. The van der Waals surface area contributed by atoms with Crippen molar-refractivity contribution >= 4 is 22.6 Å². The van der Waals surface area contributed by atoms with Crippen LogP contribution in [0.25, 0.3) is 11.1 Å². The predicted octanol–water partition coefficient (Wildman–Crippen LogP) is 3.54. The number of halogens is 3. The number of carbonyl (C=O) groups excluding carboxylic acids is 1. The van der Waals surface area contributed by atoms with Crippen LogP contribution in [0.5, 0.6) is 0 Å². The van der Waals surface area contributed by atoms with E-state index in [0.29, 0.717) is 48.5 Å². The van der Waals surface area contributed by atoms with Crippen molar-refractivity contribution in [1.82, 2.24) is 9.47 Å². The fourth-order valence-corrected chi connectivity index (χ4v) is 3.94. The molecule has 1 aromatic heterocycles. The van der Waals surface area contributed by atoms with Gasteiger partial charge >= 0.3 is 11.9 Å². The zero-order valence-electron chi connectivity index (χ0n) is 17.1. The Hall–Kier alpha value is -3.07. The number of aryl methyl sites for hydroxylation is 1. The summed E-state index contributed by atoms with van der Waals surface area (Å²) in [7, 11) is 1.60. The molecule has 3 aromatic rings. The maximum absolute atomic E-state index is 13.0. The molecule has 0 bridgehead atoms. The van der Waals surface area contributed by atoms with Crippen LogP contribution in [0.4, 0.5) is 18.9 Å². The number of rotatable bonds is 4. The number of hydrogen-bond acceptors (Lipinski definition) is 5. The minimum absolute atomic E-state index is 0.0964. The van der Waals surface area contributed by atoms with E-state index in [2.05, 4.69) is 0 Å². The summed E-state index contributed by atoms with van der Waals surface area (Å²) < 4.78 is 45.5. The second-order valence-electron chi connectivity index (χ2n) is 7.72. The van der Waals surface area contributed by atoms with Gasteiger partial charge in [-0.15, -0.1) is 0 Å². The molecule has 164 valence electrons. The van der Waals surface area contributed by atoms with E-state index in [1.54, 1.807) is 31.3 Å². The fourth-order valence-electron chi connectivity index (χ4n) is 3.94. The van der Waals surface area contributed by atoms with Gasteiger partial charge in [0, 0.05) is 44.5 Å². The highest BCUT2D eigenvalue weighted by molar-refractivity contribution is 6.01. The quantitative estimate of drug-likeness (QED) is 0.589. The third-order valence-corrected chi connectivity index (χ3v) is 5.86. The molecule has 1 fully saturated rings. The highest BCUT2D eigenvalue weighted by atomic mass is 19.4. The molecule has 0 radical (unpaired) electrons. The molecule has 4 rings (SSSR count). The fraction of sp³-hybridized carbons (Fsp3) is 0.364. The number of anilines is 1. The Labute approximate surface area is 176 Å². The number of benzene rings is 2. The predicted molar refractivity (Wildman–Crippen MR) is 110 cm³/mol. The van der Waals surface area contributed by atoms with Crippen molar-refractivity contribution in [3.05, 3.63) is 64.1 Å². The first-order valence-electron chi connectivity index (χ1n) is 9.95. The Morgan fingerprint density at radius 3 is 2.45 bits per heavy atom. The average molecular weight is 433 g/mol. The van der Waals surface area contributed by atoms with E-state index in [9.17, 15) is 22.8 Å². The lowest BCUT2D eigenvalue weighted by molar-refractivity contribution is -0.137. The first-order valence-corrected chi connectivity index (χ1v) is 9.95. The summed E-state index contributed by atoms with van der Waals surface area (Å²) >= 11 is 0. The molecule has 1 atom stereocenters.